The molecule has 3 aromatic heterocycles. The lowest BCUT2D eigenvalue weighted by atomic mass is 10.1. The minimum Gasteiger partial charge on any atom is -0.310 e. The highest BCUT2D eigenvalue weighted by atomic mass is 16.2. The van der Waals surface area contributed by atoms with Crippen molar-refractivity contribution in [2.45, 2.75) is 66.0 Å². The first-order chi connectivity index (χ1) is 20.3. The monoisotopic (exact) mass is 579 g/mol. The maximum atomic E-state index is 12.4. The second kappa shape index (κ2) is 12.5. The van der Waals surface area contributed by atoms with E-state index in [1.54, 1.807) is 41.4 Å². The van der Waals surface area contributed by atoms with Crippen molar-refractivity contribution in [3.05, 3.63) is 112 Å². The van der Waals surface area contributed by atoms with E-state index >= 15 is 0 Å². The molecule has 0 unspecified atom stereocenters. The number of imidazole rings is 1. The van der Waals surface area contributed by atoms with E-state index in [4.69, 9.17) is 0 Å². The van der Waals surface area contributed by atoms with Crippen LogP contribution in [-0.2, 0) is 17.5 Å². The number of carbonyl (C=O) groups excluding carboxylic acids is 2. The van der Waals surface area contributed by atoms with E-state index in [-0.39, 0.29) is 34.9 Å². The number of fused-ring (bicyclic) bond motifs is 1. The third kappa shape index (κ3) is 7.45. The molecule has 0 saturated heterocycles. The first kappa shape index (κ1) is 31.0. The normalized spacial score (nSPS) is 11.5. The second-order valence-electron chi connectivity index (χ2n) is 12.2. The smallest absolute Gasteiger partial charge is 0.310 e. The third-order valence-electron chi connectivity index (χ3n) is 6.66. The predicted molar refractivity (Wildman–Crippen MR) is 167 cm³/mol. The fourth-order valence-corrected chi connectivity index (χ4v) is 4.31. The minimum absolute atomic E-state index is 0.0332. The standard InChI is InChI=1S/C17H18N4O.C16H19N3O2/c1-17(2,3)21-11-20-15-13(18-10-19-16(15)21)9-14(22)12-7-5-4-6-8-12;1-11-10-19(16(2,3)4)15(21)18-13(11)17-14(20)12-8-6-5-7-9-12/h4-8,10-11H,9H2,1-3H3;5-10H,1-4H3,(H,17,18,20,21). The van der Waals surface area contributed by atoms with Crippen molar-refractivity contribution in [3.8, 4) is 0 Å². The van der Waals surface area contributed by atoms with Crippen molar-refractivity contribution in [3.63, 3.8) is 0 Å². The highest BCUT2D eigenvalue weighted by molar-refractivity contribution is 6.04. The number of rotatable bonds is 5. The summed E-state index contributed by atoms with van der Waals surface area (Å²) in [5, 5.41) is 2.68. The molecule has 3 heterocycles. The molecule has 0 spiro atoms. The van der Waals surface area contributed by atoms with E-state index < -0.39 is 0 Å². The Morgan fingerprint density at radius 2 is 1.37 bits per heavy atom. The van der Waals surface area contributed by atoms with Gasteiger partial charge in [-0.05, 0) is 60.6 Å². The highest BCUT2D eigenvalue weighted by Gasteiger charge is 2.20. The number of Topliss-reactive ketones (excluding diaryl/α,β-unsaturated/α-hetero) is 1. The zero-order chi connectivity index (χ0) is 31.4. The maximum Gasteiger partial charge on any atom is 0.350 e. The molecule has 0 bridgehead atoms. The number of hydrogen-bond acceptors (Lipinski definition) is 7. The molecule has 10 heteroatoms. The van der Waals surface area contributed by atoms with E-state index in [9.17, 15) is 14.4 Å². The second-order valence-corrected chi connectivity index (χ2v) is 12.2. The van der Waals surface area contributed by atoms with Gasteiger partial charge in [0.2, 0.25) is 0 Å². The van der Waals surface area contributed by atoms with Crippen LogP contribution in [0.15, 0.2) is 84.3 Å². The first-order valence-corrected chi connectivity index (χ1v) is 14.0. The number of amides is 1. The molecule has 0 aliphatic heterocycles. The molecule has 0 saturated carbocycles. The van der Waals surface area contributed by atoms with Crippen LogP contribution >= 0.6 is 0 Å². The lowest BCUT2D eigenvalue weighted by Crippen LogP contribution is -2.36. The number of aryl methyl sites for hydroxylation is 1. The molecule has 43 heavy (non-hydrogen) atoms. The quantitative estimate of drug-likeness (QED) is 0.270. The molecule has 0 aliphatic rings. The van der Waals surface area contributed by atoms with E-state index in [2.05, 4.69) is 46.0 Å². The Bertz CT molecular complexity index is 1800. The lowest BCUT2D eigenvalue weighted by Gasteiger charge is -2.22. The molecular weight excluding hydrogens is 542 g/mol. The largest absolute Gasteiger partial charge is 0.350 e. The Labute approximate surface area is 250 Å². The SMILES string of the molecule is CC(C)(C)n1cnc2c(CC(=O)c3ccccc3)ncnc21.Cc1cn(C(C)(C)C)c(=O)nc1NC(=O)c1ccccc1. The molecule has 1 N–H and O–H groups in total. The number of anilines is 1. The molecule has 0 fully saturated rings. The average molecular weight is 580 g/mol. The highest BCUT2D eigenvalue weighted by Crippen LogP contribution is 2.22. The van der Waals surface area contributed by atoms with Crippen LogP contribution in [0.2, 0.25) is 0 Å². The topological polar surface area (TPSA) is 125 Å². The van der Waals surface area contributed by atoms with Gasteiger partial charge >= 0.3 is 5.69 Å². The summed E-state index contributed by atoms with van der Waals surface area (Å²) < 4.78 is 3.56. The number of hydrogen-bond donors (Lipinski definition) is 1. The van der Waals surface area contributed by atoms with E-state index in [1.165, 1.54) is 6.33 Å². The number of ketones is 1. The van der Waals surface area contributed by atoms with Gasteiger partial charge in [-0.3, -0.25) is 14.2 Å². The molecule has 5 aromatic rings. The molecule has 222 valence electrons. The van der Waals surface area contributed by atoms with Crippen molar-refractivity contribution < 1.29 is 9.59 Å². The third-order valence-corrected chi connectivity index (χ3v) is 6.66. The molecule has 0 aliphatic carbocycles. The van der Waals surface area contributed by atoms with Gasteiger partial charge in [0.15, 0.2) is 11.4 Å². The average Bonchev–Trinajstić information content (AvgIpc) is 3.42. The van der Waals surface area contributed by atoms with E-state index in [0.29, 0.717) is 28.2 Å². The Kier molecular flexibility index (Phi) is 8.99. The Balaban J connectivity index is 0.000000197. The van der Waals surface area contributed by atoms with Gasteiger partial charge in [-0.15, -0.1) is 0 Å². The number of aromatic nitrogens is 6. The summed E-state index contributed by atoms with van der Waals surface area (Å²) in [5.74, 6) is 0.0550. The van der Waals surface area contributed by atoms with Crippen LogP contribution in [0.1, 0.15) is 73.5 Å². The van der Waals surface area contributed by atoms with Gasteiger partial charge in [0.1, 0.15) is 17.7 Å². The van der Waals surface area contributed by atoms with Crippen molar-refractivity contribution in [2.24, 2.45) is 0 Å². The molecular formula is C33H37N7O3. The van der Waals surface area contributed by atoms with Crippen LogP contribution in [-0.4, -0.2) is 40.8 Å². The van der Waals surface area contributed by atoms with Gasteiger partial charge in [-0.2, -0.15) is 4.98 Å². The van der Waals surface area contributed by atoms with Crippen LogP contribution in [0.3, 0.4) is 0 Å². The molecule has 1 amide bonds. The van der Waals surface area contributed by atoms with Gasteiger partial charge in [0.25, 0.3) is 5.91 Å². The summed E-state index contributed by atoms with van der Waals surface area (Å²) in [6.07, 6.45) is 5.20. The number of carbonyl (C=O) groups is 2. The number of nitrogens with one attached hydrogen (secondary N) is 1. The molecule has 5 rings (SSSR count). The zero-order valence-electron chi connectivity index (χ0n) is 25.6. The number of benzene rings is 2. The van der Waals surface area contributed by atoms with Crippen molar-refractivity contribution in [1.29, 1.82) is 0 Å². The van der Waals surface area contributed by atoms with Crippen LogP contribution in [0, 0.1) is 6.92 Å². The lowest BCUT2D eigenvalue weighted by molar-refractivity contribution is 0.0990. The van der Waals surface area contributed by atoms with Gasteiger partial charge in [-0.1, -0.05) is 48.5 Å². The van der Waals surface area contributed by atoms with Crippen LogP contribution in [0.5, 0.6) is 0 Å². The van der Waals surface area contributed by atoms with Gasteiger partial charge < -0.3 is 9.88 Å². The van der Waals surface area contributed by atoms with E-state index in [1.807, 2.05) is 68.7 Å². The predicted octanol–water partition coefficient (Wildman–Crippen LogP) is 5.57. The summed E-state index contributed by atoms with van der Waals surface area (Å²) in [6, 6.07) is 18.1. The van der Waals surface area contributed by atoms with E-state index in [0.717, 1.165) is 11.2 Å². The maximum absolute atomic E-state index is 12.4. The molecule has 0 atom stereocenters. The summed E-state index contributed by atoms with van der Waals surface area (Å²) in [7, 11) is 0. The summed E-state index contributed by atoms with van der Waals surface area (Å²) in [4.78, 5) is 53.5. The summed E-state index contributed by atoms with van der Waals surface area (Å²) in [6.45, 7) is 13.9. The zero-order valence-corrected chi connectivity index (χ0v) is 25.6. The fourth-order valence-electron chi connectivity index (χ4n) is 4.31. The van der Waals surface area contributed by atoms with Crippen LogP contribution in [0.25, 0.3) is 11.2 Å². The fraction of sp³-hybridized carbons (Fsp3) is 0.303. The molecule has 0 radical (unpaired) electrons. The number of nitrogens with zero attached hydrogens (tertiary/aromatic N) is 6. The van der Waals surface area contributed by atoms with Crippen LogP contribution in [0.4, 0.5) is 5.82 Å². The Hall–Kier alpha value is -4.99. The van der Waals surface area contributed by atoms with Crippen molar-refractivity contribution in [2.75, 3.05) is 5.32 Å². The van der Waals surface area contributed by atoms with Crippen molar-refractivity contribution >= 4 is 28.7 Å². The summed E-state index contributed by atoms with van der Waals surface area (Å²) >= 11 is 0. The van der Waals surface area contributed by atoms with Crippen molar-refractivity contribution in [1.82, 2.24) is 29.1 Å². The minimum atomic E-state index is -0.378. The Morgan fingerprint density at radius 1 is 0.791 bits per heavy atom. The molecule has 10 nitrogen and oxygen atoms in total. The van der Waals surface area contributed by atoms with Crippen LogP contribution < -0.4 is 11.0 Å². The Morgan fingerprint density at radius 3 is 1.95 bits per heavy atom. The first-order valence-electron chi connectivity index (χ1n) is 14.0. The summed E-state index contributed by atoms with van der Waals surface area (Å²) in [5.41, 5.74) is 3.23. The van der Waals surface area contributed by atoms with Gasteiger partial charge in [0.05, 0.1) is 18.4 Å². The molecule has 2 aromatic carbocycles. The van der Waals surface area contributed by atoms with Gasteiger partial charge in [-0.25, -0.2) is 19.7 Å². The van der Waals surface area contributed by atoms with Gasteiger partial charge in [0, 0.05) is 34.0 Å².